The molecular formula is C10H17BrN2. The number of aromatic nitrogens is 2. The molecule has 3 heteroatoms. The molecule has 1 aromatic heterocycles. The summed E-state index contributed by atoms with van der Waals surface area (Å²) in [5.74, 6) is 0. The average Bonchev–Trinajstić information content (AvgIpc) is 2.47. The normalized spacial score (nSPS) is 12.0. The molecule has 0 aromatic carbocycles. The molecule has 1 aromatic rings. The molecule has 0 aliphatic heterocycles. The zero-order valence-corrected chi connectivity index (χ0v) is 10.1. The van der Waals surface area contributed by atoms with Crippen LogP contribution in [0.1, 0.15) is 38.6 Å². The molecule has 0 unspecified atom stereocenters. The van der Waals surface area contributed by atoms with Crippen molar-refractivity contribution in [2.45, 2.75) is 39.0 Å². The monoisotopic (exact) mass is 244 g/mol. The molecule has 0 saturated heterocycles. The van der Waals surface area contributed by atoms with Crippen molar-refractivity contribution >= 4 is 15.9 Å². The fourth-order valence-electron chi connectivity index (χ4n) is 1.13. The van der Waals surface area contributed by atoms with Gasteiger partial charge in [-0.2, -0.15) is 5.10 Å². The Morgan fingerprint density at radius 2 is 2.15 bits per heavy atom. The number of hydrogen-bond acceptors (Lipinski definition) is 1. The van der Waals surface area contributed by atoms with Crippen LogP contribution in [0.4, 0.5) is 0 Å². The first-order valence-corrected chi connectivity index (χ1v) is 5.77. The summed E-state index contributed by atoms with van der Waals surface area (Å²) in [7, 11) is 0. The Morgan fingerprint density at radius 1 is 1.46 bits per heavy atom. The number of hydrogen-bond donors (Lipinski definition) is 1. The first-order chi connectivity index (χ1) is 6.04. The van der Waals surface area contributed by atoms with E-state index in [-0.39, 0.29) is 5.41 Å². The number of nitrogens with zero attached hydrogens (tertiary/aromatic N) is 1. The highest BCUT2D eigenvalue weighted by molar-refractivity contribution is 9.09. The van der Waals surface area contributed by atoms with Gasteiger partial charge in [-0.1, -0.05) is 36.7 Å². The molecule has 0 atom stereocenters. The van der Waals surface area contributed by atoms with Crippen molar-refractivity contribution in [3.63, 3.8) is 0 Å². The van der Waals surface area contributed by atoms with Gasteiger partial charge in [0, 0.05) is 16.4 Å². The molecule has 0 saturated carbocycles. The molecule has 0 fully saturated rings. The Hall–Kier alpha value is -0.310. The summed E-state index contributed by atoms with van der Waals surface area (Å²) in [5.41, 5.74) is 2.55. The second-order valence-corrected chi connectivity index (χ2v) is 5.11. The highest BCUT2D eigenvalue weighted by atomic mass is 79.9. The van der Waals surface area contributed by atoms with Crippen molar-refractivity contribution in [3.8, 4) is 0 Å². The van der Waals surface area contributed by atoms with Crippen LogP contribution in [-0.4, -0.2) is 15.5 Å². The summed E-state index contributed by atoms with van der Waals surface area (Å²) >= 11 is 3.42. The van der Waals surface area contributed by atoms with Gasteiger partial charge >= 0.3 is 0 Å². The molecule has 1 heterocycles. The standard InChI is InChI=1S/C10H17BrN2/c1-10(2,3)9-7-8(12-13-9)5-4-6-11/h7H,4-6H2,1-3H3,(H,12,13). The Kier molecular flexibility index (Phi) is 3.54. The maximum atomic E-state index is 4.30. The number of H-pyrrole nitrogens is 1. The lowest BCUT2D eigenvalue weighted by molar-refractivity contribution is 0.567. The van der Waals surface area contributed by atoms with E-state index >= 15 is 0 Å². The fourth-order valence-corrected chi connectivity index (χ4v) is 1.41. The third-order valence-corrected chi connectivity index (χ3v) is 2.54. The minimum atomic E-state index is 0.156. The van der Waals surface area contributed by atoms with Crippen LogP contribution in [0.3, 0.4) is 0 Å². The van der Waals surface area contributed by atoms with Gasteiger partial charge in [0.15, 0.2) is 0 Å². The second kappa shape index (κ2) is 4.27. The van der Waals surface area contributed by atoms with Gasteiger partial charge in [-0.25, -0.2) is 0 Å². The van der Waals surface area contributed by atoms with E-state index in [0.29, 0.717) is 0 Å². The average molecular weight is 245 g/mol. The number of aromatic amines is 1. The van der Waals surface area contributed by atoms with E-state index in [9.17, 15) is 0 Å². The minimum Gasteiger partial charge on any atom is -0.282 e. The van der Waals surface area contributed by atoms with Crippen molar-refractivity contribution in [1.29, 1.82) is 0 Å². The van der Waals surface area contributed by atoms with Gasteiger partial charge in [0.25, 0.3) is 0 Å². The molecule has 0 spiro atoms. The maximum absolute atomic E-state index is 4.30. The van der Waals surface area contributed by atoms with Crippen LogP contribution < -0.4 is 0 Å². The van der Waals surface area contributed by atoms with E-state index in [4.69, 9.17) is 0 Å². The second-order valence-electron chi connectivity index (χ2n) is 4.32. The number of aryl methyl sites for hydroxylation is 1. The predicted molar refractivity (Wildman–Crippen MR) is 59.4 cm³/mol. The first kappa shape index (κ1) is 10.8. The van der Waals surface area contributed by atoms with E-state index in [1.54, 1.807) is 0 Å². The van der Waals surface area contributed by atoms with E-state index in [2.05, 4.69) is 53.0 Å². The smallest absolute Gasteiger partial charge is 0.0678 e. The Labute approximate surface area is 88.3 Å². The molecule has 0 aliphatic carbocycles. The van der Waals surface area contributed by atoms with Gasteiger partial charge in [0.1, 0.15) is 0 Å². The van der Waals surface area contributed by atoms with Gasteiger partial charge in [0.2, 0.25) is 0 Å². The molecule has 0 amide bonds. The lowest BCUT2D eigenvalue weighted by atomic mass is 9.92. The molecular weight excluding hydrogens is 228 g/mol. The molecule has 13 heavy (non-hydrogen) atoms. The summed E-state index contributed by atoms with van der Waals surface area (Å²) in [6.45, 7) is 6.53. The van der Waals surface area contributed by atoms with Crippen LogP contribution >= 0.6 is 15.9 Å². The third-order valence-electron chi connectivity index (χ3n) is 1.98. The topological polar surface area (TPSA) is 28.7 Å². The quantitative estimate of drug-likeness (QED) is 0.814. The van der Waals surface area contributed by atoms with E-state index in [0.717, 1.165) is 23.9 Å². The molecule has 1 N–H and O–H groups in total. The van der Waals surface area contributed by atoms with E-state index < -0.39 is 0 Å². The zero-order valence-electron chi connectivity index (χ0n) is 8.52. The highest BCUT2D eigenvalue weighted by Crippen LogP contribution is 2.20. The van der Waals surface area contributed by atoms with Gasteiger partial charge in [-0.3, -0.25) is 5.10 Å². The Bertz CT molecular complexity index is 260. The van der Waals surface area contributed by atoms with Crippen LogP contribution in [0, 0.1) is 0 Å². The largest absolute Gasteiger partial charge is 0.282 e. The molecule has 1 rings (SSSR count). The summed E-state index contributed by atoms with van der Waals surface area (Å²) in [6.07, 6.45) is 2.24. The lowest BCUT2D eigenvalue weighted by Gasteiger charge is -2.13. The molecule has 0 radical (unpaired) electrons. The van der Waals surface area contributed by atoms with Crippen molar-refractivity contribution in [2.24, 2.45) is 0 Å². The number of nitrogens with one attached hydrogen (secondary N) is 1. The summed E-state index contributed by atoms with van der Waals surface area (Å²) in [4.78, 5) is 0. The minimum absolute atomic E-state index is 0.156. The number of alkyl halides is 1. The van der Waals surface area contributed by atoms with Crippen LogP contribution in [0.25, 0.3) is 0 Å². The van der Waals surface area contributed by atoms with Crippen molar-refractivity contribution in [2.75, 3.05) is 5.33 Å². The SMILES string of the molecule is CC(C)(C)c1cc(CCCBr)[nH]n1. The van der Waals surface area contributed by atoms with Gasteiger partial charge in [-0.15, -0.1) is 0 Å². The third kappa shape index (κ3) is 3.14. The molecule has 0 aliphatic rings. The molecule has 74 valence electrons. The van der Waals surface area contributed by atoms with Gasteiger partial charge in [0.05, 0.1) is 5.69 Å². The summed E-state index contributed by atoms with van der Waals surface area (Å²) in [6, 6.07) is 2.17. The maximum Gasteiger partial charge on any atom is 0.0678 e. The van der Waals surface area contributed by atoms with Crippen LogP contribution in [0.15, 0.2) is 6.07 Å². The first-order valence-electron chi connectivity index (χ1n) is 4.65. The van der Waals surface area contributed by atoms with Crippen molar-refractivity contribution in [1.82, 2.24) is 10.2 Å². The van der Waals surface area contributed by atoms with Crippen LogP contribution in [0.2, 0.25) is 0 Å². The summed E-state index contributed by atoms with van der Waals surface area (Å²) < 4.78 is 0. The highest BCUT2D eigenvalue weighted by Gasteiger charge is 2.16. The Morgan fingerprint density at radius 3 is 2.62 bits per heavy atom. The van der Waals surface area contributed by atoms with Crippen LogP contribution in [0.5, 0.6) is 0 Å². The van der Waals surface area contributed by atoms with E-state index in [1.807, 2.05) is 0 Å². The predicted octanol–water partition coefficient (Wildman–Crippen LogP) is 3.03. The molecule has 0 bridgehead atoms. The van der Waals surface area contributed by atoms with E-state index in [1.165, 1.54) is 5.69 Å². The number of rotatable bonds is 3. The Balaban J connectivity index is 2.64. The number of halogens is 1. The van der Waals surface area contributed by atoms with Crippen molar-refractivity contribution < 1.29 is 0 Å². The zero-order chi connectivity index (χ0) is 9.90. The molecule has 2 nitrogen and oxygen atoms in total. The lowest BCUT2D eigenvalue weighted by Crippen LogP contribution is -2.11. The van der Waals surface area contributed by atoms with Gasteiger partial charge in [-0.05, 0) is 18.9 Å². The van der Waals surface area contributed by atoms with Crippen LogP contribution in [-0.2, 0) is 11.8 Å². The fraction of sp³-hybridized carbons (Fsp3) is 0.700. The van der Waals surface area contributed by atoms with Gasteiger partial charge < -0.3 is 0 Å². The van der Waals surface area contributed by atoms with Crippen molar-refractivity contribution in [3.05, 3.63) is 17.5 Å². The summed E-state index contributed by atoms with van der Waals surface area (Å²) in [5, 5.41) is 8.43.